The lowest BCUT2D eigenvalue weighted by molar-refractivity contribution is 0.178. The first-order valence-electron chi connectivity index (χ1n) is 4.96. The van der Waals surface area contributed by atoms with Gasteiger partial charge in [-0.3, -0.25) is 0 Å². The van der Waals surface area contributed by atoms with Crippen LogP contribution in [0.25, 0.3) is 0 Å². The van der Waals surface area contributed by atoms with Gasteiger partial charge in [-0.05, 0) is 26.2 Å². The van der Waals surface area contributed by atoms with E-state index >= 15 is 0 Å². The number of hydrogen-bond acceptors (Lipinski definition) is 4. The molecule has 0 spiro atoms. The molecule has 82 valence electrons. The number of oxime groups is 1. The van der Waals surface area contributed by atoms with Crippen LogP contribution < -0.4 is 11.1 Å². The Balaban J connectivity index is 2.35. The van der Waals surface area contributed by atoms with E-state index in [1.165, 1.54) is 0 Å². The van der Waals surface area contributed by atoms with Crippen molar-refractivity contribution in [3.8, 4) is 0 Å². The number of amidine groups is 1. The molecule has 0 aliphatic carbocycles. The van der Waals surface area contributed by atoms with Crippen molar-refractivity contribution in [2.45, 2.75) is 32.4 Å². The summed E-state index contributed by atoms with van der Waals surface area (Å²) >= 11 is 0. The lowest BCUT2D eigenvalue weighted by atomic mass is 10.00. The Morgan fingerprint density at radius 3 is 2.86 bits per heavy atom. The van der Waals surface area contributed by atoms with Crippen molar-refractivity contribution in [3.63, 3.8) is 0 Å². The van der Waals surface area contributed by atoms with E-state index in [-0.39, 0.29) is 11.9 Å². The normalized spacial score (nSPS) is 27.6. The van der Waals surface area contributed by atoms with Crippen LogP contribution in [0.3, 0.4) is 0 Å². The van der Waals surface area contributed by atoms with E-state index in [1.807, 2.05) is 6.92 Å². The van der Waals surface area contributed by atoms with Gasteiger partial charge in [-0.1, -0.05) is 5.16 Å². The maximum absolute atomic E-state index is 8.48. The van der Waals surface area contributed by atoms with Crippen LogP contribution in [0.4, 0.5) is 0 Å². The minimum absolute atomic E-state index is 0.101. The van der Waals surface area contributed by atoms with Crippen molar-refractivity contribution in [2.75, 3.05) is 13.2 Å². The fourth-order valence-electron chi connectivity index (χ4n) is 1.65. The lowest BCUT2D eigenvalue weighted by Gasteiger charge is -2.23. The smallest absolute Gasteiger partial charge is 0.156 e. The average molecular weight is 201 g/mol. The highest BCUT2D eigenvalue weighted by Gasteiger charge is 2.23. The quantitative estimate of drug-likeness (QED) is 0.261. The van der Waals surface area contributed by atoms with Gasteiger partial charge in [-0.25, -0.2) is 0 Å². The van der Waals surface area contributed by atoms with Gasteiger partial charge in [0, 0.05) is 12.6 Å². The van der Waals surface area contributed by atoms with E-state index < -0.39 is 0 Å². The predicted octanol–water partition coefficient (Wildman–Crippen LogP) is 0.136. The molecule has 1 rings (SSSR count). The molecule has 4 N–H and O–H groups in total. The Kier molecular flexibility index (Phi) is 4.16. The Labute approximate surface area is 84.3 Å². The Morgan fingerprint density at radius 2 is 2.36 bits per heavy atom. The van der Waals surface area contributed by atoms with Gasteiger partial charge in [0.2, 0.25) is 0 Å². The van der Waals surface area contributed by atoms with Crippen LogP contribution in [-0.2, 0) is 4.74 Å². The summed E-state index contributed by atoms with van der Waals surface area (Å²) in [5, 5.41) is 14.7. The summed E-state index contributed by atoms with van der Waals surface area (Å²) in [4.78, 5) is 0. The number of nitrogens with one attached hydrogen (secondary N) is 1. The number of ether oxygens (including phenoxy) is 1. The van der Waals surface area contributed by atoms with Gasteiger partial charge in [0.25, 0.3) is 0 Å². The van der Waals surface area contributed by atoms with Gasteiger partial charge in [-0.2, -0.15) is 0 Å². The van der Waals surface area contributed by atoms with E-state index in [2.05, 4.69) is 17.4 Å². The van der Waals surface area contributed by atoms with Gasteiger partial charge in [-0.15, -0.1) is 0 Å². The highest BCUT2D eigenvalue weighted by molar-refractivity contribution is 5.84. The highest BCUT2D eigenvalue weighted by Crippen LogP contribution is 2.16. The summed E-state index contributed by atoms with van der Waals surface area (Å²) in [6.07, 6.45) is 1.08. The van der Waals surface area contributed by atoms with Crippen molar-refractivity contribution in [1.82, 2.24) is 5.32 Å². The van der Waals surface area contributed by atoms with Crippen molar-refractivity contribution < 1.29 is 9.94 Å². The molecule has 1 aliphatic rings. The fourth-order valence-corrected chi connectivity index (χ4v) is 1.65. The predicted molar refractivity (Wildman–Crippen MR) is 54.4 cm³/mol. The van der Waals surface area contributed by atoms with Crippen molar-refractivity contribution in [3.05, 3.63) is 0 Å². The van der Waals surface area contributed by atoms with Gasteiger partial charge in [0.1, 0.15) is 0 Å². The van der Waals surface area contributed by atoms with Gasteiger partial charge < -0.3 is 21.0 Å². The second-order valence-electron chi connectivity index (χ2n) is 3.83. The molecule has 0 aromatic heterocycles. The van der Waals surface area contributed by atoms with E-state index in [0.29, 0.717) is 12.0 Å². The zero-order chi connectivity index (χ0) is 10.6. The van der Waals surface area contributed by atoms with Crippen LogP contribution in [0.1, 0.15) is 20.3 Å². The van der Waals surface area contributed by atoms with Gasteiger partial charge >= 0.3 is 0 Å². The van der Waals surface area contributed by atoms with Crippen molar-refractivity contribution >= 4 is 5.84 Å². The molecule has 0 amide bonds. The Morgan fingerprint density at radius 1 is 1.64 bits per heavy atom. The summed E-state index contributed by atoms with van der Waals surface area (Å²) in [6, 6.07) is 0.225. The number of nitrogens with zero attached hydrogens (tertiary/aromatic N) is 1. The summed E-state index contributed by atoms with van der Waals surface area (Å²) < 4.78 is 5.30. The molecule has 1 fully saturated rings. The third kappa shape index (κ3) is 2.85. The molecule has 5 heteroatoms. The first kappa shape index (κ1) is 11.3. The molecular formula is C9H19N3O2. The minimum atomic E-state index is -0.101. The summed E-state index contributed by atoms with van der Waals surface area (Å²) in [5.41, 5.74) is 5.47. The highest BCUT2D eigenvalue weighted by atomic mass is 16.5. The van der Waals surface area contributed by atoms with E-state index in [0.717, 1.165) is 19.6 Å². The third-order valence-electron chi connectivity index (χ3n) is 2.74. The molecule has 0 saturated carbocycles. The van der Waals surface area contributed by atoms with Crippen molar-refractivity contribution in [1.29, 1.82) is 0 Å². The second-order valence-corrected chi connectivity index (χ2v) is 3.83. The van der Waals surface area contributed by atoms with Crippen LogP contribution in [-0.4, -0.2) is 36.3 Å². The largest absolute Gasteiger partial charge is 0.409 e. The van der Waals surface area contributed by atoms with Crippen molar-refractivity contribution in [2.24, 2.45) is 16.8 Å². The zero-order valence-corrected chi connectivity index (χ0v) is 8.73. The lowest BCUT2D eigenvalue weighted by Crippen LogP contribution is -2.46. The second kappa shape index (κ2) is 5.17. The maximum Gasteiger partial charge on any atom is 0.156 e. The number of rotatable bonds is 4. The molecule has 1 heterocycles. The molecule has 0 radical (unpaired) electrons. The third-order valence-corrected chi connectivity index (χ3v) is 2.74. The summed E-state index contributed by atoms with van der Waals surface area (Å²) in [7, 11) is 0. The Bertz CT molecular complexity index is 202. The van der Waals surface area contributed by atoms with Crippen LogP contribution in [0.15, 0.2) is 5.16 Å². The topological polar surface area (TPSA) is 79.9 Å². The average Bonchev–Trinajstić information content (AvgIpc) is 2.69. The molecule has 1 aliphatic heterocycles. The monoisotopic (exact) mass is 201 g/mol. The molecule has 3 unspecified atom stereocenters. The van der Waals surface area contributed by atoms with Crippen LogP contribution >= 0.6 is 0 Å². The molecule has 5 nitrogen and oxygen atoms in total. The van der Waals surface area contributed by atoms with Crippen LogP contribution in [0.2, 0.25) is 0 Å². The standard InChI is InChI=1S/C9H19N3O2/c1-6(8-3-4-14-5-8)11-7(2)9(10)12-13/h6-8,11,13H,3-5H2,1-2H3,(H2,10,12). The minimum Gasteiger partial charge on any atom is -0.409 e. The zero-order valence-electron chi connectivity index (χ0n) is 8.73. The van der Waals surface area contributed by atoms with E-state index in [4.69, 9.17) is 15.7 Å². The van der Waals surface area contributed by atoms with Crippen LogP contribution in [0.5, 0.6) is 0 Å². The molecular weight excluding hydrogens is 182 g/mol. The first-order chi connectivity index (χ1) is 6.65. The number of nitrogens with two attached hydrogens (primary N) is 1. The molecule has 0 aromatic rings. The molecule has 0 bridgehead atoms. The Hall–Kier alpha value is -0.810. The SMILES string of the molecule is CC(NC(C)C1CCOC1)C(N)=NO. The van der Waals surface area contributed by atoms with Gasteiger partial charge in [0.05, 0.1) is 12.6 Å². The molecule has 0 aromatic carbocycles. The van der Waals surface area contributed by atoms with Crippen LogP contribution in [0, 0.1) is 5.92 Å². The maximum atomic E-state index is 8.48. The van der Waals surface area contributed by atoms with E-state index in [1.54, 1.807) is 0 Å². The molecule has 1 saturated heterocycles. The summed E-state index contributed by atoms with van der Waals surface area (Å²) in [6.45, 7) is 5.62. The molecule has 14 heavy (non-hydrogen) atoms. The first-order valence-corrected chi connectivity index (χ1v) is 4.96. The van der Waals surface area contributed by atoms with Gasteiger partial charge in [0.15, 0.2) is 5.84 Å². The summed E-state index contributed by atoms with van der Waals surface area (Å²) in [5.74, 6) is 0.750. The van der Waals surface area contributed by atoms with E-state index in [9.17, 15) is 0 Å². The number of hydrogen-bond donors (Lipinski definition) is 3. The fraction of sp³-hybridized carbons (Fsp3) is 0.889. The molecule has 3 atom stereocenters.